The third-order valence-corrected chi connectivity index (χ3v) is 3.92. The van der Waals surface area contributed by atoms with Crippen LogP contribution in [0.4, 0.5) is 13.2 Å². The summed E-state index contributed by atoms with van der Waals surface area (Å²) in [5.41, 5.74) is 0.732. The predicted octanol–water partition coefficient (Wildman–Crippen LogP) is 3.90. The number of alkyl halides is 3. The molecule has 0 radical (unpaired) electrons. The van der Waals surface area contributed by atoms with E-state index in [4.69, 9.17) is 0 Å². The zero-order chi connectivity index (χ0) is 14.8. The average Bonchev–Trinajstić information content (AvgIpc) is 3.17. The third-order valence-electron chi connectivity index (χ3n) is 3.39. The fraction of sp³-hybridized carbons (Fsp3) is 0.571. The van der Waals surface area contributed by atoms with E-state index in [0.717, 1.165) is 22.9 Å². The van der Waals surface area contributed by atoms with Crippen LogP contribution in [0.2, 0.25) is 0 Å². The summed E-state index contributed by atoms with van der Waals surface area (Å²) in [6.07, 6.45) is -2.94. The Kier molecular flexibility index (Phi) is 5.09. The first-order valence-corrected chi connectivity index (χ1v) is 7.39. The van der Waals surface area contributed by atoms with Crippen LogP contribution >= 0.6 is 15.9 Å². The highest BCUT2D eigenvalue weighted by molar-refractivity contribution is 9.10. The van der Waals surface area contributed by atoms with Crippen molar-refractivity contribution in [2.24, 2.45) is 0 Å². The molecule has 1 saturated carbocycles. The molecule has 1 atom stereocenters. The quantitative estimate of drug-likeness (QED) is 0.840. The molecule has 0 saturated heterocycles. The monoisotopic (exact) mass is 351 g/mol. The van der Waals surface area contributed by atoms with Gasteiger partial charge < -0.3 is 5.11 Å². The first-order chi connectivity index (χ1) is 9.35. The molecule has 1 aromatic carbocycles. The van der Waals surface area contributed by atoms with Crippen molar-refractivity contribution in [1.29, 1.82) is 0 Å². The number of rotatable bonds is 6. The van der Waals surface area contributed by atoms with E-state index in [2.05, 4.69) is 15.9 Å². The Hall–Kier alpha value is -0.590. The fourth-order valence-electron chi connectivity index (χ4n) is 2.20. The summed E-state index contributed by atoms with van der Waals surface area (Å²) in [5.74, 6) is 0. The van der Waals surface area contributed by atoms with Crippen molar-refractivity contribution in [3.05, 3.63) is 34.3 Å². The molecule has 6 heteroatoms. The van der Waals surface area contributed by atoms with E-state index in [9.17, 15) is 18.3 Å². The van der Waals surface area contributed by atoms with Crippen LogP contribution in [0.25, 0.3) is 0 Å². The maximum Gasteiger partial charge on any atom is 0.401 e. The van der Waals surface area contributed by atoms with Gasteiger partial charge in [-0.05, 0) is 37.0 Å². The molecule has 1 fully saturated rings. The minimum atomic E-state index is -4.18. The van der Waals surface area contributed by atoms with E-state index in [1.165, 1.54) is 4.90 Å². The van der Waals surface area contributed by atoms with Gasteiger partial charge in [0, 0.05) is 17.1 Å². The third kappa shape index (κ3) is 5.07. The standard InChI is InChI=1S/C14H17BrF3NO/c15-11-3-1-10(2-4-11)13(20)7-8-19(12-5-6-12)9-14(16,17)18/h1-4,12-13,20H,5-9H2. The second-order valence-electron chi connectivity index (χ2n) is 5.17. The van der Waals surface area contributed by atoms with E-state index < -0.39 is 18.8 Å². The number of aliphatic hydroxyl groups is 1. The van der Waals surface area contributed by atoms with E-state index in [1.807, 2.05) is 12.1 Å². The van der Waals surface area contributed by atoms with Crippen LogP contribution < -0.4 is 0 Å². The molecule has 0 amide bonds. The largest absolute Gasteiger partial charge is 0.401 e. The Labute approximate surface area is 124 Å². The number of nitrogens with zero attached hydrogens (tertiary/aromatic N) is 1. The van der Waals surface area contributed by atoms with Crippen molar-refractivity contribution in [2.75, 3.05) is 13.1 Å². The molecule has 1 aliphatic rings. The SMILES string of the molecule is OC(CCN(CC(F)(F)F)C1CC1)c1ccc(Br)cc1. The van der Waals surface area contributed by atoms with Crippen LogP contribution in [0, 0.1) is 0 Å². The lowest BCUT2D eigenvalue weighted by Gasteiger charge is -2.24. The van der Waals surface area contributed by atoms with Gasteiger partial charge in [0.05, 0.1) is 12.6 Å². The van der Waals surface area contributed by atoms with Gasteiger partial charge in [-0.15, -0.1) is 0 Å². The highest BCUT2D eigenvalue weighted by Crippen LogP contribution is 2.31. The summed E-state index contributed by atoms with van der Waals surface area (Å²) in [6.45, 7) is -0.619. The van der Waals surface area contributed by atoms with Crippen molar-refractivity contribution < 1.29 is 18.3 Å². The van der Waals surface area contributed by atoms with Gasteiger partial charge in [-0.3, -0.25) is 4.90 Å². The topological polar surface area (TPSA) is 23.5 Å². The van der Waals surface area contributed by atoms with Crippen LogP contribution in [0.3, 0.4) is 0 Å². The lowest BCUT2D eigenvalue weighted by Crippen LogP contribution is -2.37. The average molecular weight is 352 g/mol. The fourth-order valence-corrected chi connectivity index (χ4v) is 2.46. The zero-order valence-electron chi connectivity index (χ0n) is 10.9. The second-order valence-corrected chi connectivity index (χ2v) is 6.09. The molecular formula is C14H17BrF3NO. The zero-order valence-corrected chi connectivity index (χ0v) is 12.5. The van der Waals surface area contributed by atoms with E-state index in [1.54, 1.807) is 12.1 Å². The highest BCUT2D eigenvalue weighted by Gasteiger charge is 2.37. The second kappa shape index (κ2) is 6.45. The van der Waals surface area contributed by atoms with Crippen molar-refractivity contribution in [3.8, 4) is 0 Å². The lowest BCUT2D eigenvalue weighted by molar-refractivity contribution is -0.147. The first kappa shape index (κ1) is 15.8. The molecule has 0 aliphatic heterocycles. The highest BCUT2D eigenvalue weighted by atomic mass is 79.9. The van der Waals surface area contributed by atoms with Crippen molar-refractivity contribution in [3.63, 3.8) is 0 Å². The van der Waals surface area contributed by atoms with Crippen LogP contribution in [0.5, 0.6) is 0 Å². The van der Waals surface area contributed by atoms with Crippen molar-refractivity contribution in [1.82, 2.24) is 4.90 Å². The van der Waals surface area contributed by atoms with Crippen LogP contribution in [0.15, 0.2) is 28.7 Å². The van der Waals surface area contributed by atoms with Gasteiger partial charge >= 0.3 is 6.18 Å². The summed E-state index contributed by atoms with van der Waals surface area (Å²) in [5, 5.41) is 10.0. The van der Waals surface area contributed by atoms with Crippen LogP contribution in [-0.4, -0.2) is 35.3 Å². The van der Waals surface area contributed by atoms with Crippen LogP contribution in [0.1, 0.15) is 30.9 Å². The van der Waals surface area contributed by atoms with Gasteiger partial charge in [0.2, 0.25) is 0 Å². The number of halogens is 4. The smallest absolute Gasteiger partial charge is 0.388 e. The Morgan fingerprint density at radius 2 is 1.85 bits per heavy atom. The maximum absolute atomic E-state index is 12.5. The maximum atomic E-state index is 12.5. The Morgan fingerprint density at radius 1 is 1.25 bits per heavy atom. The molecule has 0 heterocycles. The Bertz CT molecular complexity index is 431. The van der Waals surface area contributed by atoms with Gasteiger partial charge in [0.15, 0.2) is 0 Å². The summed E-state index contributed by atoms with van der Waals surface area (Å²) in [7, 11) is 0. The number of aliphatic hydroxyl groups excluding tert-OH is 1. The first-order valence-electron chi connectivity index (χ1n) is 6.59. The Balaban J connectivity index is 1.87. The molecule has 20 heavy (non-hydrogen) atoms. The van der Waals surface area contributed by atoms with Gasteiger partial charge in [0.1, 0.15) is 0 Å². The van der Waals surface area contributed by atoms with E-state index in [-0.39, 0.29) is 12.6 Å². The minimum Gasteiger partial charge on any atom is -0.388 e. The van der Waals surface area contributed by atoms with Crippen molar-refractivity contribution >= 4 is 15.9 Å². The number of hydrogen-bond acceptors (Lipinski definition) is 2. The molecule has 2 nitrogen and oxygen atoms in total. The molecule has 112 valence electrons. The summed E-state index contributed by atoms with van der Waals surface area (Å²) >= 11 is 3.30. The molecule has 1 aliphatic carbocycles. The summed E-state index contributed by atoms with van der Waals surface area (Å²) in [4.78, 5) is 1.43. The molecule has 2 rings (SSSR count). The summed E-state index contributed by atoms with van der Waals surface area (Å²) < 4.78 is 38.3. The molecule has 1 unspecified atom stereocenters. The number of benzene rings is 1. The minimum absolute atomic E-state index is 0.0359. The molecular weight excluding hydrogens is 335 g/mol. The van der Waals surface area contributed by atoms with E-state index >= 15 is 0 Å². The molecule has 1 aromatic rings. The molecule has 0 aromatic heterocycles. The predicted molar refractivity (Wildman–Crippen MR) is 74.4 cm³/mol. The summed E-state index contributed by atoms with van der Waals surface area (Å²) in [6, 6.07) is 7.22. The van der Waals surface area contributed by atoms with Gasteiger partial charge in [-0.2, -0.15) is 13.2 Å². The molecule has 1 N–H and O–H groups in total. The normalized spacial score (nSPS) is 17.5. The lowest BCUT2D eigenvalue weighted by atomic mass is 10.1. The molecule has 0 bridgehead atoms. The van der Waals surface area contributed by atoms with Crippen molar-refractivity contribution in [2.45, 2.75) is 37.6 Å². The Morgan fingerprint density at radius 3 is 2.35 bits per heavy atom. The number of hydrogen-bond donors (Lipinski definition) is 1. The van der Waals surface area contributed by atoms with Crippen LogP contribution in [-0.2, 0) is 0 Å². The molecule has 0 spiro atoms. The van der Waals surface area contributed by atoms with Gasteiger partial charge in [0.25, 0.3) is 0 Å². The van der Waals surface area contributed by atoms with Gasteiger partial charge in [-0.1, -0.05) is 28.1 Å². The van der Waals surface area contributed by atoms with Gasteiger partial charge in [-0.25, -0.2) is 0 Å². The van der Waals surface area contributed by atoms with E-state index in [0.29, 0.717) is 6.42 Å².